The van der Waals surface area contributed by atoms with E-state index < -0.39 is 0 Å². The van der Waals surface area contributed by atoms with Crippen LogP contribution in [-0.4, -0.2) is 18.1 Å². The number of thiazole rings is 1. The van der Waals surface area contributed by atoms with Crippen molar-refractivity contribution in [2.45, 2.75) is 13.8 Å². The number of urea groups is 1. The molecule has 1 aromatic rings. The summed E-state index contributed by atoms with van der Waals surface area (Å²) in [5.74, 6) is 0. The van der Waals surface area contributed by atoms with Gasteiger partial charge in [0.25, 0.3) is 0 Å². The van der Waals surface area contributed by atoms with Gasteiger partial charge in [0.2, 0.25) is 0 Å². The van der Waals surface area contributed by atoms with Crippen LogP contribution in [0.3, 0.4) is 0 Å². The van der Waals surface area contributed by atoms with Crippen LogP contribution < -0.4 is 10.6 Å². The minimum Gasteiger partial charge on any atom is -0.341 e. The third-order valence-electron chi connectivity index (χ3n) is 1.36. The van der Waals surface area contributed by atoms with E-state index in [-0.39, 0.29) is 6.03 Å². The summed E-state index contributed by atoms with van der Waals surface area (Å²) in [5, 5.41) is 6.93. The van der Waals surface area contributed by atoms with Crippen molar-refractivity contribution >= 4 is 22.4 Å². The maximum atomic E-state index is 10.9. The molecule has 2 amide bonds. The molecule has 4 nitrogen and oxygen atoms in total. The highest BCUT2D eigenvalue weighted by Crippen LogP contribution is 2.22. The van der Waals surface area contributed by atoms with Crippen LogP contribution >= 0.6 is 11.3 Å². The zero-order valence-electron chi connectivity index (χ0n) is 7.26. The Morgan fingerprint density at radius 3 is 2.58 bits per heavy atom. The van der Waals surface area contributed by atoms with Crippen molar-refractivity contribution in [1.82, 2.24) is 10.3 Å². The molecular weight excluding hydrogens is 174 g/mol. The highest BCUT2D eigenvalue weighted by Gasteiger charge is 2.06. The molecule has 1 heterocycles. The third kappa shape index (κ3) is 1.94. The number of aryl methyl sites for hydroxylation is 2. The molecule has 0 fully saturated rings. The predicted molar refractivity (Wildman–Crippen MR) is 49.7 cm³/mol. The Bertz CT molecular complexity index is 295. The van der Waals surface area contributed by atoms with E-state index in [4.69, 9.17) is 0 Å². The monoisotopic (exact) mass is 185 g/mol. The van der Waals surface area contributed by atoms with Crippen LogP contribution in [0.4, 0.5) is 9.80 Å². The summed E-state index contributed by atoms with van der Waals surface area (Å²) in [7, 11) is 1.58. The van der Waals surface area contributed by atoms with Gasteiger partial charge in [-0.05, 0) is 13.8 Å². The van der Waals surface area contributed by atoms with Gasteiger partial charge in [0.1, 0.15) is 5.00 Å². The average molecular weight is 185 g/mol. The Morgan fingerprint density at radius 2 is 2.17 bits per heavy atom. The van der Waals surface area contributed by atoms with Crippen molar-refractivity contribution in [3.05, 3.63) is 10.7 Å². The van der Waals surface area contributed by atoms with Crippen LogP contribution in [0.5, 0.6) is 0 Å². The number of anilines is 1. The van der Waals surface area contributed by atoms with Crippen molar-refractivity contribution in [3.63, 3.8) is 0 Å². The lowest BCUT2D eigenvalue weighted by Gasteiger charge is -2.00. The average Bonchev–Trinajstić information content (AvgIpc) is 2.30. The minimum absolute atomic E-state index is 0.207. The Labute approximate surface area is 75.0 Å². The Kier molecular flexibility index (Phi) is 2.65. The first-order chi connectivity index (χ1) is 5.63. The number of hydrogen-bond donors (Lipinski definition) is 2. The number of carbonyl (C=O) groups excluding carboxylic acids is 1. The lowest BCUT2D eigenvalue weighted by Crippen LogP contribution is -2.24. The second kappa shape index (κ2) is 3.53. The van der Waals surface area contributed by atoms with E-state index in [0.717, 1.165) is 15.7 Å². The molecular formula is C7H11N3OS. The summed E-state index contributed by atoms with van der Waals surface area (Å²) in [6.45, 7) is 3.78. The van der Waals surface area contributed by atoms with Crippen LogP contribution in [0.25, 0.3) is 0 Å². The molecule has 0 radical (unpaired) electrons. The number of rotatable bonds is 1. The fraction of sp³-hybridized carbons (Fsp3) is 0.429. The molecule has 12 heavy (non-hydrogen) atoms. The van der Waals surface area contributed by atoms with Crippen molar-refractivity contribution in [2.75, 3.05) is 12.4 Å². The molecule has 0 aliphatic carbocycles. The summed E-state index contributed by atoms with van der Waals surface area (Å²) in [6, 6.07) is -0.207. The Balaban J connectivity index is 2.75. The van der Waals surface area contributed by atoms with Gasteiger partial charge in [-0.15, -0.1) is 11.3 Å². The van der Waals surface area contributed by atoms with Gasteiger partial charge in [-0.25, -0.2) is 9.78 Å². The van der Waals surface area contributed by atoms with Crippen LogP contribution in [0, 0.1) is 13.8 Å². The largest absolute Gasteiger partial charge is 0.341 e. The standard InChI is InChI=1S/C7H11N3OS/c1-4-6(10-7(11)8-3)12-5(2)9-4/h1-3H3,(H2,8,10,11). The van der Waals surface area contributed by atoms with Gasteiger partial charge in [-0.3, -0.25) is 5.32 Å². The molecule has 1 rings (SSSR count). The van der Waals surface area contributed by atoms with Crippen molar-refractivity contribution in [3.8, 4) is 0 Å². The van der Waals surface area contributed by atoms with Crippen molar-refractivity contribution in [1.29, 1.82) is 0 Å². The number of hydrogen-bond acceptors (Lipinski definition) is 3. The van der Waals surface area contributed by atoms with E-state index in [1.807, 2.05) is 13.8 Å². The van der Waals surface area contributed by atoms with E-state index in [1.54, 1.807) is 7.05 Å². The zero-order chi connectivity index (χ0) is 9.14. The quantitative estimate of drug-likeness (QED) is 0.696. The molecule has 0 aliphatic heterocycles. The molecule has 5 heteroatoms. The normalized spacial score (nSPS) is 9.58. The van der Waals surface area contributed by atoms with E-state index >= 15 is 0 Å². The van der Waals surface area contributed by atoms with Crippen molar-refractivity contribution in [2.24, 2.45) is 0 Å². The summed E-state index contributed by atoms with van der Waals surface area (Å²) < 4.78 is 0. The first-order valence-corrected chi connectivity index (χ1v) is 4.38. The molecule has 2 N–H and O–H groups in total. The number of carbonyl (C=O) groups is 1. The molecule has 0 saturated heterocycles. The highest BCUT2D eigenvalue weighted by molar-refractivity contribution is 7.16. The van der Waals surface area contributed by atoms with Gasteiger partial charge >= 0.3 is 6.03 Å². The van der Waals surface area contributed by atoms with E-state index in [2.05, 4.69) is 15.6 Å². The molecule has 0 bridgehead atoms. The topological polar surface area (TPSA) is 54.0 Å². The van der Waals surface area contributed by atoms with Gasteiger partial charge < -0.3 is 5.32 Å². The number of amides is 2. The van der Waals surface area contributed by atoms with Gasteiger partial charge in [0, 0.05) is 7.05 Å². The summed E-state index contributed by atoms with van der Waals surface area (Å²) in [5.41, 5.74) is 0.862. The third-order valence-corrected chi connectivity index (χ3v) is 2.35. The molecule has 0 unspecified atom stereocenters. The second-order valence-corrected chi connectivity index (χ2v) is 3.55. The molecule has 0 atom stereocenters. The van der Waals surface area contributed by atoms with E-state index in [9.17, 15) is 4.79 Å². The molecule has 0 saturated carbocycles. The van der Waals surface area contributed by atoms with Crippen molar-refractivity contribution < 1.29 is 4.79 Å². The van der Waals surface area contributed by atoms with Crippen LogP contribution in [0.2, 0.25) is 0 Å². The molecule has 0 spiro atoms. The highest BCUT2D eigenvalue weighted by atomic mass is 32.1. The summed E-state index contributed by atoms with van der Waals surface area (Å²) in [4.78, 5) is 15.1. The number of nitrogens with zero attached hydrogens (tertiary/aromatic N) is 1. The van der Waals surface area contributed by atoms with Gasteiger partial charge in [-0.1, -0.05) is 0 Å². The van der Waals surface area contributed by atoms with E-state index in [1.165, 1.54) is 11.3 Å². The Morgan fingerprint density at radius 1 is 1.50 bits per heavy atom. The van der Waals surface area contributed by atoms with Crippen LogP contribution in [-0.2, 0) is 0 Å². The second-order valence-electron chi connectivity index (χ2n) is 2.35. The predicted octanol–water partition coefficient (Wildman–Crippen LogP) is 1.51. The van der Waals surface area contributed by atoms with E-state index in [0.29, 0.717) is 0 Å². The fourth-order valence-electron chi connectivity index (χ4n) is 0.813. The summed E-state index contributed by atoms with van der Waals surface area (Å²) in [6.07, 6.45) is 0. The van der Waals surface area contributed by atoms with Gasteiger partial charge in [0.05, 0.1) is 10.7 Å². The molecule has 0 aliphatic rings. The SMILES string of the molecule is CNC(=O)Nc1sc(C)nc1C. The number of aromatic nitrogens is 1. The minimum atomic E-state index is -0.207. The van der Waals surface area contributed by atoms with Crippen LogP contribution in [0.1, 0.15) is 10.7 Å². The number of nitrogens with one attached hydrogen (secondary N) is 2. The Hall–Kier alpha value is -1.10. The lowest BCUT2D eigenvalue weighted by molar-refractivity contribution is 0.254. The molecule has 1 aromatic heterocycles. The lowest BCUT2D eigenvalue weighted by atomic mass is 10.5. The summed E-state index contributed by atoms with van der Waals surface area (Å²) >= 11 is 1.48. The van der Waals surface area contributed by atoms with Gasteiger partial charge in [-0.2, -0.15) is 0 Å². The smallest absolute Gasteiger partial charge is 0.319 e. The molecule has 0 aromatic carbocycles. The zero-order valence-corrected chi connectivity index (χ0v) is 8.08. The maximum Gasteiger partial charge on any atom is 0.319 e. The fourth-order valence-corrected chi connectivity index (χ4v) is 1.63. The molecule has 66 valence electrons. The first-order valence-electron chi connectivity index (χ1n) is 3.56. The maximum absolute atomic E-state index is 10.9. The first kappa shape index (κ1) is 8.99. The van der Waals surface area contributed by atoms with Crippen LogP contribution in [0.15, 0.2) is 0 Å². The van der Waals surface area contributed by atoms with Gasteiger partial charge in [0.15, 0.2) is 0 Å².